The third-order valence-electron chi connectivity index (χ3n) is 15.7. The van der Waals surface area contributed by atoms with Crippen LogP contribution in [0.5, 0.6) is 0 Å². The number of ether oxygens (including phenoxy) is 1. The standard InChI is InChI=1S/16C6H14.C4H8O2/c16*1-3-5-6-4-2;1-3-6-4(2)5/h16*3-6H2,1-2H3;3H2,1-2H3. The minimum atomic E-state index is -0.211. The molecule has 0 unspecified atom stereocenters. The first-order valence-electron chi connectivity index (χ1n) is 48.5. The van der Waals surface area contributed by atoms with Crippen LogP contribution in [0.25, 0.3) is 0 Å². The number of rotatable bonds is 49. The van der Waals surface area contributed by atoms with Gasteiger partial charge in [0.1, 0.15) is 0 Å². The van der Waals surface area contributed by atoms with Gasteiger partial charge in [0.05, 0.1) is 6.61 Å². The van der Waals surface area contributed by atoms with Crippen molar-refractivity contribution >= 4 is 5.97 Å². The summed E-state index contributed by atoms with van der Waals surface area (Å²) in [7, 11) is 0. The van der Waals surface area contributed by atoms with Crippen LogP contribution in [0.4, 0.5) is 0 Å². The van der Waals surface area contributed by atoms with Crippen molar-refractivity contribution in [2.75, 3.05) is 6.61 Å². The predicted octanol–water partition coefficient (Wildman–Crippen LogP) is 42.0. The van der Waals surface area contributed by atoms with Crippen LogP contribution in [-0.4, -0.2) is 12.6 Å². The van der Waals surface area contributed by atoms with E-state index in [-0.39, 0.29) is 5.97 Å². The monoisotopic (exact) mass is 1470 g/mol. The minimum absolute atomic E-state index is 0.211. The van der Waals surface area contributed by atoms with E-state index in [0.717, 1.165) is 0 Å². The van der Waals surface area contributed by atoms with Gasteiger partial charge in [-0.15, -0.1) is 0 Å². The van der Waals surface area contributed by atoms with Crippen LogP contribution < -0.4 is 0 Å². The Kier molecular flexibility index (Phi) is 298. The lowest BCUT2D eigenvalue weighted by Gasteiger charge is -1.89. The third-order valence-corrected chi connectivity index (χ3v) is 15.7. The molecule has 644 valence electrons. The van der Waals surface area contributed by atoms with Crippen LogP contribution in [0.15, 0.2) is 0 Å². The highest BCUT2D eigenvalue weighted by Crippen LogP contribution is 2.03. The molecule has 2 heteroatoms. The summed E-state index contributed by atoms with van der Waals surface area (Å²) in [5.74, 6) is -0.211. The van der Waals surface area contributed by atoms with Crippen molar-refractivity contribution in [3.63, 3.8) is 0 Å². The van der Waals surface area contributed by atoms with E-state index in [4.69, 9.17) is 0 Å². The predicted molar refractivity (Wildman–Crippen MR) is 499 cm³/mol. The van der Waals surface area contributed by atoms with Crippen molar-refractivity contribution < 1.29 is 9.53 Å². The fourth-order valence-corrected chi connectivity index (χ4v) is 8.20. The quantitative estimate of drug-likeness (QED) is 0.0448. The molecule has 0 aromatic rings. The Hall–Kier alpha value is -0.530. The Labute approximate surface area is 664 Å². The molecule has 0 N–H and O–H groups in total. The highest BCUT2D eigenvalue weighted by Gasteiger charge is 1.85. The molecule has 0 atom stereocenters. The number of carbonyl (C=O) groups is 1. The van der Waals surface area contributed by atoms with Crippen LogP contribution in [0.1, 0.15) is 646 Å². The first kappa shape index (κ1) is 144. The van der Waals surface area contributed by atoms with Crippen LogP contribution in [0.2, 0.25) is 0 Å². The lowest BCUT2D eigenvalue weighted by molar-refractivity contribution is -0.140. The summed E-state index contributed by atoms with van der Waals surface area (Å²) >= 11 is 0. The summed E-state index contributed by atoms with van der Waals surface area (Å²) in [5.41, 5.74) is 0. The summed E-state index contributed by atoms with van der Waals surface area (Å²) in [5, 5.41) is 0. The average Bonchev–Trinajstić information content (AvgIpc) is 3.68. The molecule has 0 bridgehead atoms. The van der Waals surface area contributed by atoms with Gasteiger partial charge in [0, 0.05) is 6.92 Å². The van der Waals surface area contributed by atoms with Crippen LogP contribution in [0.3, 0.4) is 0 Å². The Morgan fingerprint density at radius 3 is 0.186 bits per heavy atom. The zero-order valence-corrected chi connectivity index (χ0v) is 81.3. The van der Waals surface area contributed by atoms with Crippen molar-refractivity contribution in [3.05, 3.63) is 0 Å². The number of esters is 1. The van der Waals surface area contributed by atoms with E-state index in [1.807, 2.05) is 0 Å². The van der Waals surface area contributed by atoms with E-state index in [0.29, 0.717) is 6.61 Å². The Balaban J connectivity index is -0.0000000502. The summed E-state index contributed by atoms with van der Waals surface area (Å²) in [6.07, 6.45) is 88.6. The zero-order chi connectivity index (χ0) is 82.2. The zero-order valence-electron chi connectivity index (χ0n) is 81.3. The van der Waals surface area contributed by atoms with E-state index in [9.17, 15) is 4.79 Å². The molecule has 0 saturated carbocycles. The SMILES string of the molecule is CCCCCC.CCCCCC.CCCCCC.CCCCCC.CCCCCC.CCCCCC.CCCCCC.CCCCCC.CCCCCC.CCCCCC.CCCCCC.CCCCCC.CCCCCC.CCCCCC.CCCCCC.CCCCCC.CCOC(C)=O. The Morgan fingerprint density at radius 2 is 0.176 bits per heavy atom. The molecule has 0 aliphatic heterocycles. The summed E-state index contributed by atoms with van der Waals surface area (Å²) in [6, 6.07) is 0. The molecule has 0 aliphatic rings. The normalized spacial score (nSPS) is 8.92. The van der Waals surface area contributed by atoms with Crippen LogP contribution in [0, 0.1) is 0 Å². The lowest BCUT2D eigenvalue weighted by Crippen LogP contribution is -1.95. The minimum Gasteiger partial charge on any atom is -0.466 e. The third kappa shape index (κ3) is 379. The highest BCUT2D eigenvalue weighted by atomic mass is 16.5. The summed E-state index contributed by atoms with van der Waals surface area (Å²) in [6.45, 7) is 75.1. The number of unbranched alkanes of at least 4 members (excludes halogenated alkanes) is 48. The molecule has 0 rings (SSSR count). The molecule has 2 nitrogen and oxygen atoms in total. The largest absolute Gasteiger partial charge is 0.466 e. The van der Waals surface area contributed by atoms with E-state index in [1.165, 1.54) is 418 Å². The Morgan fingerprint density at radius 1 is 0.127 bits per heavy atom. The van der Waals surface area contributed by atoms with Gasteiger partial charge in [0.15, 0.2) is 0 Å². The maximum atomic E-state index is 9.82. The van der Waals surface area contributed by atoms with Gasteiger partial charge < -0.3 is 4.74 Å². The van der Waals surface area contributed by atoms with Crippen molar-refractivity contribution in [2.24, 2.45) is 0 Å². The van der Waals surface area contributed by atoms with Gasteiger partial charge in [-0.25, -0.2) is 0 Å². The van der Waals surface area contributed by atoms with Crippen LogP contribution in [-0.2, 0) is 9.53 Å². The first-order valence-corrected chi connectivity index (χ1v) is 48.5. The number of carbonyl (C=O) groups excluding carboxylic acids is 1. The molecule has 0 aromatic carbocycles. The van der Waals surface area contributed by atoms with Gasteiger partial charge in [0.25, 0.3) is 0 Å². The second kappa shape index (κ2) is 212. The molecule has 0 spiro atoms. The first-order chi connectivity index (χ1) is 49.4. The van der Waals surface area contributed by atoms with Crippen molar-refractivity contribution in [3.8, 4) is 0 Å². The molecule has 0 heterocycles. The van der Waals surface area contributed by atoms with Gasteiger partial charge in [0.2, 0.25) is 0 Å². The molecule has 0 saturated heterocycles. The molecule has 0 fully saturated rings. The molecule has 0 amide bonds. The lowest BCUT2D eigenvalue weighted by atomic mass is 10.2. The van der Waals surface area contributed by atoms with Gasteiger partial charge in [-0.1, -0.05) is 632 Å². The second-order valence-corrected chi connectivity index (χ2v) is 28.2. The molecule has 0 radical (unpaired) electrons. The van der Waals surface area contributed by atoms with Gasteiger partial charge in [-0.2, -0.15) is 0 Å². The smallest absolute Gasteiger partial charge is 0.302 e. The fraction of sp³-hybridized carbons (Fsp3) is 0.990. The highest BCUT2D eigenvalue weighted by molar-refractivity contribution is 5.65. The maximum Gasteiger partial charge on any atom is 0.302 e. The van der Waals surface area contributed by atoms with Crippen molar-refractivity contribution in [2.45, 2.75) is 646 Å². The topological polar surface area (TPSA) is 26.3 Å². The molecule has 0 aliphatic carbocycles. The summed E-state index contributed by atoms with van der Waals surface area (Å²) in [4.78, 5) is 9.82. The van der Waals surface area contributed by atoms with Crippen LogP contribution >= 0.6 is 0 Å². The average molecular weight is 1470 g/mol. The number of hydrogen-bond donors (Lipinski definition) is 0. The van der Waals surface area contributed by atoms with E-state index in [1.54, 1.807) is 6.92 Å². The molecular formula is C100H232O2. The van der Waals surface area contributed by atoms with E-state index < -0.39 is 0 Å². The molecule has 102 heavy (non-hydrogen) atoms. The fourth-order valence-electron chi connectivity index (χ4n) is 8.20. The molecule has 0 aromatic heterocycles. The van der Waals surface area contributed by atoms with Crippen molar-refractivity contribution in [1.82, 2.24) is 0 Å². The maximum absolute atomic E-state index is 9.82. The van der Waals surface area contributed by atoms with Gasteiger partial charge in [-0.3, -0.25) is 4.79 Å². The molecular weight excluding hydrogens is 1230 g/mol. The van der Waals surface area contributed by atoms with Crippen molar-refractivity contribution in [1.29, 1.82) is 0 Å². The Bertz CT molecular complexity index is 579. The van der Waals surface area contributed by atoms with E-state index in [2.05, 4.69) is 226 Å². The summed E-state index contributed by atoms with van der Waals surface area (Å²) < 4.78 is 4.40. The van der Waals surface area contributed by atoms with Gasteiger partial charge >= 0.3 is 5.97 Å². The second-order valence-electron chi connectivity index (χ2n) is 28.2. The number of hydrogen-bond acceptors (Lipinski definition) is 2. The van der Waals surface area contributed by atoms with Gasteiger partial charge in [-0.05, 0) is 6.92 Å². The van der Waals surface area contributed by atoms with E-state index >= 15 is 0 Å².